The molecule has 0 atom stereocenters. The molecule has 0 aliphatic carbocycles. The van der Waals surface area contributed by atoms with E-state index in [0.29, 0.717) is 55.5 Å². The summed E-state index contributed by atoms with van der Waals surface area (Å²) in [7, 11) is -0.0392. The fraction of sp³-hybridized carbons (Fsp3) is 0.381. The third kappa shape index (κ3) is 5.50. The Bertz CT molecular complexity index is 1000. The van der Waals surface area contributed by atoms with Gasteiger partial charge in [0.25, 0.3) is 5.91 Å². The predicted molar refractivity (Wildman–Crippen MR) is 116 cm³/mol. The Labute approximate surface area is 177 Å². The van der Waals surface area contributed by atoms with E-state index in [1.54, 1.807) is 31.4 Å². The molecule has 1 N–H and O–H groups in total. The number of anilines is 1. The minimum atomic E-state index is -3.14. The van der Waals surface area contributed by atoms with E-state index in [1.807, 2.05) is 18.2 Å². The number of carbonyl (C=O) groups is 1. The van der Waals surface area contributed by atoms with E-state index >= 15 is 0 Å². The van der Waals surface area contributed by atoms with E-state index in [0.717, 1.165) is 5.56 Å². The maximum atomic E-state index is 12.7. The van der Waals surface area contributed by atoms with Crippen molar-refractivity contribution in [2.45, 2.75) is 6.54 Å². The van der Waals surface area contributed by atoms with Crippen molar-refractivity contribution in [1.29, 1.82) is 0 Å². The van der Waals surface area contributed by atoms with Gasteiger partial charge in [-0.3, -0.25) is 9.69 Å². The van der Waals surface area contributed by atoms with Gasteiger partial charge in [0.15, 0.2) is 0 Å². The molecule has 2 aromatic carbocycles. The smallest absolute Gasteiger partial charge is 0.255 e. The lowest BCUT2D eigenvalue weighted by molar-refractivity contribution is 0.102. The molecule has 1 heterocycles. The predicted octanol–water partition coefficient (Wildman–Crippen LogP) is 2.03. The topological polar surface area (TPSA) is 88.2 Å². The van der Waals surface area contributed by atoms with Crippen molar-refractivity contribution in [3.8, 4) is 11.5 Å². The first-order valence-electron chi connectivity index (χ1n) is 9.60. The summed E-state index contributed by atoms with van der Waals surface area (Å²) in [5, 5.41) is 2.88. The Morgan fingerprint density at radius 1 is 1.03 bits per heavy atom. The Morgan fingerprint density at radius 2 is 1.77 bits per heavy atom. The number of sulfonamides is 1. The zero-order valence-corrected chi connectivity index (χ0v) is 18.2. The summed E-state index contributed by atoms with van der Waals surface area (Å²) < 4.78 is 35.3. The molecule has 1 saturated heterocycles. The van der Waals surface area contributed by atoms with Crippen LogP contribution in [0.1, 0.15) is 15.9 Å². The van der Waals surface area contributed by atoms with Gasteiger partial charge in [-0.25, -0.2) is 8.42 Å². The number of nitrogens with one attached hydrogen (secondary N) is 1. The molecule has 8 nitrogen and oxygen atoms in total. The van der Waals surface area contributed by atoms with Gasteiger partial charge in [-0.1, -0.05) is 12.1 Å². The van der Waals surface area contributed by atoms with Crippen molar-refractivity contribution in [3.63, 3.8) is 0 Å². The highest BCUT2D eigenvalue weighted by Gasteiger charge is 2.23. The lowest BCUT2D eigenvalue weighted by Gasteiger charge is -2.33. The molecule has 162 valence electrons. The summed E-state index contributed by atoms with van der Waals surface area (Å²) in [6.07, 6.45) is 1.24. The normalized spacial score (nSPS) is 15.6. The molecule has 0 unspecified atom stereocenters. The fourth-order valence-electron chi connectivity index (χ4n) is 3.38. The van der Waals surface area contributed by atoms with Crippen LogP contribution in [0, 0.1) is 0 Å². The number of nitrogens with zero attached hydrogens (tertiary/aromatic N) is 2. The van der Waals surface area contributed by atoms with Crippen molar-refractivity contribution in [3.05, 3.63) is 53.6 Å². The molecule has 9 heteroatoms. The highest BCUT2D eigenvalue weighted by atomic mass is 32.2. The van der Waals surface area contributed by atoms with Gasteiger partial charge in [0.05, 0.1) is 26.2 Å². The second-order valence-electron chi connectivity index (χ2n) is 7.16. The summed E-state index contributed by atoms with van der Waals surface area (Å²) in [6, 6.07) is 12.6. The molecular formula is C21H27N3O5S. The maximum Gasteiger partial charge on any atom is 0.255 e. The number of piperazine rings is 1. The highest BCUT2D eigenvalue weighted by Crippen LogP contribution is 2.29. The first-order valence-corrected chi connectivity index (χ1v) is 11.4. The Balaban J connectivity index is 1.65. The minimum absolute atomic E-state index is 0.234. The van der Waals surface area contributed by atoms with E-state index in [1.165, 1.54) is 17.7 Å². The van der Waals surface area contributed by atoms with Gasteiger partial charge in [0.2, 0.25) is 10.0 Å². The monoisotopic (exact) mass is 433 g/mol. The molecule has 1 aliphatic heterocycles. The van der Waals surface area contributed by atoms with Gasteiger partial charge in [-0.15, -0.1) is 0 Å². The summed E-state index contributed by atoms with van der Waals surface area (Å²) in [6.45, 7) is 2.94. The second kappa shape index (κ2) is 9.46. The summed E-state index contributed by atoms with van der Waals surface area (Å²) in [5.74, 6) is 0.924. The molecule has 3 rings (SSSR count). The van der Waals surface area contributed by atoms with Crippen LogP contribution >= 0.6 is 0 Å². The molecule has 1 aliphatic rings. The number of hydrogen-bond donors (Lipinski definition) is 1. The van der Waals surface area contributed by atoms with Crippen molar-refractivity contribution in [1.82, 2.24) is 9.21 Å². The van der Waals surface area contributed by atoms with Gasteiger partial charge >= 0.3 is 0 Å². The van der Waals surface area contributed by atoms with Crippen LogP contribution in [0.4, 0.5) is 5.69 Å². The van der Waals surface area contributed by atoms with Crippen LogP contribution in [0.15, 0.2) is 42.5 Å². The van der Waals surface area contributed by atoms with Gasteiger partial charge < -0.3 is 14.8 Å². The molecular weight excluding hydrogens is 406 g/mol. The third-order valence-electron chi connectivity index (χ3n) is 5.05. The Kier molecular flexibility index (Phi) is 6.96. The van der Waals surface area contributed by atoms with Crippen LogP contribution in [0.25, 0.3) is 0 Å². The first-order chi connectivity index (χ1) is 14.3. The van der Waals surface area contributed by atoms with Crippen LogP contribution in [-0.2, 0) is 16.6 Å². The van der Waals surface area contributed by atoms with E-state index in [-0.39, 0.29) is 5.91 Å². The second-order valence-corrected chi connectivity index (χ2v) is 9.14. The van der Waals surface area contributed by atoms with Crippen molar-refractivity contribution in [2.75, 3.05) is 52.0 Å². The average molecular weight is 434 g/mol. The van der Waals surface area contributed by atoms with Crippen LogP contribution in [-0.4, -0.2) is 70.2 Å². The molecule has 0 bridgehead atoms. The zero-order valence-electron chi connectivity index (χ0n) is 17.4. The van der Waals surface area contributed by atoms with Gasteiger partial charge in [-0.05, 0) is 29.8 Å². The fourth-order valence-corrected chi connectivity index (χ4v) is 4.21. The summed E-state index contributed by atoms with van der Waals surface area (Å²) >= 11 is 0. The third-order valence-corrected chi connectivity index (χ3v) is 6.36. The van der Waals surface area contributed by atoms with E-state index in [9.17, 15) is 13.2 Å². The number of benzene rings is 2. The number of carbonyl (C=O) groups excluding carboxylic acids is 1. The number of ether oxygens (including phenoxy) is 2. The number of amides is 1. The summed E-state index contributed by atoms with van der Waals surface area (Å²) in [4.78, 5) is 14.9. The zero-order chi connectivity index (χ0) is 21.7. The molecule has 1 fully saturated rings. The first kappa shape index (κ1) is 22.1. The van der Waals surface area contributed by atoms with Gasteiger partial charge in [0, 0.05) is 44.4 Å². The van der Waals surface area contributed by atoms with Crippen LogP contribution in [0.2, 0.25) is 0 Å². The molecule has 0 saturated carbocycles. The quantitative estimate of drug-likeness (QED) is 0.719. The van der Waals surface area contributed by atoms with E-state index in [4.69, 9.17) is 9.47 Å². The highest BCUT2D eigenvalue weighted by molar-refractivity contribution is 7.88. The molecule has 1 amide bonds. The largest absolute Gasteiger partial charge is 0.497 e. The van der Waals surface area contributed by atoms with E-state index in [2.05, 4.69) is 10.2 Å². The van der Waals surface area contributed by atoms with Crippen molar-refractivity contribution < 1.29 is 22.7 Å². The Morgan fingerprint density at radius 3 is 2.40 bits per heavy atom. The lowest BCUT2D eigenvalue weighted by Crippen LogP contribution is -2.47. The average Bonchev–Trinajstić information content (AvgIpc) is 2.74. The van der Waals surface area contributed by atoms with Crippen LogP contribution in [0.3, 0.4) is 0 Å². The van der Waals surface area contributed by atoms with E-state index < -0.39 is 10.0 Å². The lowest BCUT2D eigenvalue weighted by atomic mass is 10.1. The SMILES string of the molecule is COc1ccc(NC(=O)c2cccc(CN3CCN(S(C)(=O)=O)CC3)c2)c(OC)c1. The van der Waals surface area contributed by atoms with Crippen LogP contribution < -0.4 is 14.8 Å². The van der Waals surface area contributed by atoms with Gasteiger partial charge in [-0.2, -0.15) is 4.31 Å². The maximum absolute atomic E-state index is 12.7. The molecule has 0 radical (unpaired) electrons. The molecule has 0 spiro atoms. The Hall–Kier alpha value is -2.62. The van der Waals surface area contributed by atoms with Crippen molar-refractivity contribution >= 4 is 21.6 Å². The van der Waals surface area contributed by atoms with Gasteiger partial charge in [0.1, 0.15) is 11.5 Å². The number of rotatable bonds is 7. The van der Waals surface area contributed by atoms with Crippen molar-refractivity contribution in [2.24, 2.45) is 0 Å². The minimum Gasteiger partial charge on any atom is -0.497 e. The molecule has 0 aromatic heterocycles. The summed E-state index contributed by atoms with van der Waals surface area (Å²) in [5.41, 5.74) is 2.10. The number of hydrogen-bond acceptors (Lipinski definition) is 6. The molecule has 2 aromatic rings. The number of methoxy groups -OCH3 is 2. The molecule has 30 heavy (non-hydrogen) atoms. The standard InChI is InChI=1S/C21H27N3O5S/c1-28-18-7-8-19(20(14-18)29-2)22-21(25)17-6-4-5-16(13-17)15-23-9-11-24(12-10-23)30(3,26)27/h4-8,13-14H,9-12,15H2,1-3H3,(H,22,25). The van der Waals surface area contributed by atoms with Crippen LogP contribution in [0.5, 0.6) is 11.5 Å².